The van der Waals surface area contributed by atoms with E-state index in [1.807, 2.05) is 36.4 Å². The molecule has 136 valence electrons. The van der Waals surface area contributed by atoms with Crippen LogP contribution < -0.4 is 20.7 Å². The number of amides is 1. The first-order chi connectivity index (χ1) is 12.6. The van der Waals surface area contributed by atoms with E-state index in [9.17, 15) is 4.79 Å². The maximum Gasteiger partial charge on any atom is 0.257 e. The fourth-order valence-electron chi connectivity index (χ4n) is 2.36. The number of ether oxygens (including phenoxy) is 2. The molecule has 26 heavy (non-hydrogen) atoms. The van der Waals surface area contributed by atoms with Gasteiger partial charge in [0.1, 0.15) is 6.61 Å². The third-order valence-corrected chi connectivity index (χ3v) is 4.13. The molecule has 0 heterocycles. The topological polar surface area (TPSA) is 73.6 Å². The first kappa shape index (κ1) is 19.8. The number of carbonyl (C=O) groups excluding carboxylic acids is 1. The van der Waals surface area contributed by atoms with E-state index in [0.29, 0.717) is 24.5 Å². The van der Waals surface area contributed by atoms with Crippen LogP contribution in [0, 0.1) is 0 Å². The van der Waals surface area contributed by atoms with Gasteiger partial charge in [0.05, 0.1) is 7.11 Å². The van der Waals surface area contributed by atoms with Crippen molar-refractivity contribution >= 4 is 27.9 Å². The fraction of sp³-hybridized carbons (Fsp3) is 0.150. The van der Waals surface area contributed by atoms with Crippen molar-refractivity contribution < 1.29 is 14.3 Å². The van der Waals surface area contributed by atoms with Crippen LogP contribution in [0.15, 0.2) is 59.6 Å². The lowest BCUT2D eigenvalue weighted by Gasteiger charge is -2.16. The van der Waals surface area contributed by atoms with E-state index in [-0.39, 0.29) is 5.91 Å². The summed E-state index contributed by atoms with van der Waals surface area (Å²) in [5, 5.41) is 0. The van der Waals surface area contributed by atoms with Gasteiger partial charge >= 0.3 is 0 Å². The molecule has 0 saturated carbocycles. The van der Waals surface area contributed by atoms with Crippen LogP contribution in [0.4, 0.5) is 0 Å². The van der Waals surface area contributed by atoms with Gasteiger partial charge in [-0.05, 0) is 47.9 Å². The van der Waals surface area contributed by atoms with Gasteiger partial charge in [-0.3, -0.25) is 10.2 Å². The lowest BCUT2D eigenvalue weighted by Crippen LogP contribution is -2.27. The molecular weight excluding hydrogens is 396 g/mol. The van der Waals surface area contributed by atoms with Gasteiger partial charge in [0, 0.05) is 16.1 Å². The molecule has 0 radical (unpaired) electrons. The average Bonchev–Trinajstić information content (AvgIpc) is 2.66. The van der Waals surface area contributed by atoms with E-state index in [1.165, 1.54) is 6.08 Å². The summed E-state index contributed by atoms with van der Waals surface area (Å²) >= 11 is 3.42. The van der Waals surface area contributed by atoms with Crippen LogP contribution >= 0.6 is 15.9 Å². The quantitative estimate of drug-likeness (QED) is 0.226. The third-order valence-electron chi connectivity index (χ3n) is 3.60. The Kier molecular flexibility index (Phi) is 7.44. The van der Waals surface area contributed by atoms with Crippen molar-refractivity contribution in [1.29, 1.82) is 0 Å². The van der Waals surface area contributed by atoms with Gasteiger partial charge < -0.3 is 9.47 Å². The van der Waals surface area contributed by atoms with Crippen LogP contribution in [-0.4, -0.2) is 13.0 Å². The molecule has 2 rings (SSSR count). The molecule has 5 nitrogen and oxygen atoms in total. The number of nitrogens with two attached hydrogens (primary N) is 1. The highest BCUT2D eigenvalue weighted by atomic mass is 79.9. The molecule has 0 saturated heterocycles. The predicted octanol–water partition coefficient (Wildman–Crippen LogP) is 3.77. The van der Waals surface area contributed by atoms with Gasteiger partial charge in [0.2, 0.25) is 0 Å². The second-order valence-electron chi connectivity index (χ2n) is 5.46. The Balaban J connectivity index is 2.30. The van der Waals surface area contributed by atoms with Crippen molar-refractivity contribution in [2.75, 3.05) is 7.11 Å². The Morgan fingerprint density at radius 3 is 2.65 bits per heavy atom. The fourth-order valence-corrected chi connectivity index (χ4v) is 2.62. The highest BCUT2D eigenvalue weighted by Crippen LogP contribution is 2.34. The molecule has 0 aliphatic rings. The van der Waals surface area contributed by atoms with Crippen LogP contribution in [0.5, 0.6) is 11.5 Å². The summed E-state index contributed by atoms with van der Waals surface area (Å²) in [5.74, 6) is 5.96. The predicted molar refractivity (Wildman–Crippen MR) is 107 cm³/mol. The Morgan fingerprint density at radius 2 is 2.04 bits per heavy atom. The molecule has 1 amide bonds. The van der Waals surface area contributed by atoms with Gasteiger partial charge in [0.15, 0.2) is 11.5 Å². The summed E-state index contributed by atoms with van der Waals surface area (Å²) in [5.41, 5.74) is 4.83. The first-order valence-corrected chi connectivity index (χ1v) is 8.74. The summed E-state index contributed by atoms with van der Waals surface area (Å²) in [4.78, 5) is 11.3. The summed E-state index contributed by atoms with van der Waals surface area (Å²) in [7, 11) is 1.58. The minimum Gasteiger partial charge on any atom is -0.493 e. The van der Waals surface area contributed by atoms with E-state index in [4.69, 9.17) is 15.3 Å². The molecule has 3 N–H and O–H groups in total. The molecule has 0 spiro atoms. The standard InChI is InChI=1S/C20H21BrN2O3/c1-3-4-16-11-15(7-10-19(24)23-22)12-18(25-2)20(16)26-13-14-5-8-17(21)9-6-14/h3,5-12H,1,4,13,22H2,2H3,(H,23,24)/b10-7+. The minimum atomic E-state index is -0.384. The zero-order valence-electron chi connectivity index (χ0n) is 14.5. The summed E-state index contributed by atoms with van der Waals surface area (Å²) < 4.78 is 12.5. The summed E-state index contributed by atoms with van der Waals surface area (Å²) in [6.07, 6.45) is 5.42. The monoisotopic (exact) mass is 416 g/mol. The van der Waals surface area contributed by atoms with Crippen molar-refractivity contribution in [3.63, 3.8) is 0 Å². The van der Waals surface area contributed by atoms with E-state index < -0.39 is 0 Å². The van der Waals surface area contributed by atoms with Crippen molar-refractivity contribution in [2.24, 2.45) is 5.84 Å². The number of nitrogens with one attached hydrogen (secondary N) is 1. The van der Waals surface area contributed by atoms with Gasteiger partial charge in [-0.25, -0.2) is 5.84 Å². The Hall–Kier alpha value is -2.57. The number of benzene rings is 2. The molecular formula is C20H21BrN2O3. The normalized spacial score (nSPS) is 10.6. The zero-order chi connectivity index (χ0) is 18.9. The molecule has 0 aliphatic carbocycles. The number of hydrogen-bond donors (Lipinski definition) is 2. The first-order valence-electron chi connectivity index (χ1n) is 7.95. The highest BCUT2D eigenvalue weighted by molar-refractivity contribution is 9.10. The minimum absolute atomic E-state index is 0.384. The molecule has 0 aromatic heterocycles. The molecule has 0 bridgehead atoms. The van der Waals surface area contributed by atoms with Crippen LogP contribution in [0.1, 0.15) is 16.7 Å². The number of hydrazine groups is 1. The van der Waals surface area contributed by atoms with E-state index in [1.54, 1.807) is 19.3 Å². The number of methoxy groups -OCH3 is 1. The van der Waals surface area contributed by atoms with E-state index in [2.05, 4.69) is 27.9 Å². The largest absolute Gasteiger partial charge is 0.493 e. The number of allylic oxidation sites excluding steroid dienone is 1. The average molecular weight is 417 g/mol. The van der Waals surface area contributed by atoms with Gasteiger partial charge in [-0.1, -0.05) is 34.1 Å². The maximum absolute atomic E-state index is 11.3. The van der Waals surface area contributed by atoms with Crippen molar-refractivity contribution in [3.8, 4) is 11.5 Å². The highest BCUT2D eigenvalue weighted by Gasteiger charge is 2.12. The second-order valence-corrected chi connectivity index (χ2v) is 6.38. The molecule has 0 unspecified atom stereocenters. The number of hydrogen-bond acceptors (Lipinski definition) is 4. The number of carbonyl (C=O) groups is 1. The molecule has 0 aliphatic heterocycles. The second kappa shape index (κ2) is 9.79. The van der Waals surface area contributed by atoms with Crippen LogP contribution in [0.3, 0.4) is 0 Å². The van der Waals surface area contributed by atoms with Gasteiger partial charge in [0.25, 0.3) is 5.91 Å². The van der Waals surface area contributed by atoms with Gasteiger partial charge in [-0.15, -0.1) is 6.58 Å². The van der Waals surface area contributed by atoms with Crippen molar-refractivity contribution in [2.45, 2.75) is 13.0 Å². The Bertz CT molecular complexity index is 801. The molecule has 2 aromatic carbocycles. The smallest absolute Gasteiger partial charge is 0.257 e. The lowest BCUT2D eigenvalue weighted by molar-refractivity contribution is -0.116. The molecule has 6 heteroatoms. The molecule has 0 fully saturated rings. The van der Waals surface area contributed by atoms with Crippen molar-refractivity contribution in [3.05, 3.63) is 76.3 Å². The zero-order valence-corrected chi connectivity index (χ0v) is 16.1. The molecule has 0 atom stereocenters. The maximum atomic E-state index is 11.3. The summed E-state index contributed by atoms with van der Waals surface area (Å²) in [6.45, 7) is 4.21. The van der Waals surface area contributed by atoms with E-state index in [0.717, 1.165) is 21.2 Å². The lowest BCUT2D eigenvalue weighted by atomic mass is 10.0. The van der Waals surface area contributed by atoms with Crippen LogP contribution in [0.25, 0.3) is 6.08 Å². The number of halogens is 1. The Morgan fingerprint density at radius 1 is 1.31 bits per heavy atom. The Labute approximate surface area is 161 Å². The molecule has 2 aromatic rings. The summed E-state index contributed by atoms with van der Waals surface area (Å²) in [6, 6.07) is 11.7. The third kappa shape index (κ3) is 5.47. The van der Waals surface area contributed by atoms with Crippen LogP contribution in [-0.2, 0) is 17.8 Å². The van der Waals surface area contributed by atoms with E-state index >= 15 is 0 Å². The number of rotatable bonds is 8. The van der Waals surface area contributed by atoms with Crippen LogP contribution in [0.2, 0.25) is 0 Å². The van der Waals surface area contributed by atoms with Gasteiger partial charge in [-0.2, -0.15) is 0 Å². The SMILES string of the molecule is C=CCc1cc(/C=C/C(=O)NN)cc(OC)c1OCc1ccc(Br)cc1. The van der Waals surface area contributed by atoms with Crippen molar-refractivity contribution in [1.82, 2.24) is 5.43 Å².